The molecule has 2 heterocycles. The average Bonchev–Trinajstić information content (AvgIpc) is 2.51. The lowest BCUT2D eigenvalue weighted by atomic mass is 10.1. The fraction of sp³-hybridized carbons (Fsp3) is 0.286. The van der Waals surface area contributed by atoms with Crippen LogP contribution in [-0.2, 0) is 6.42 Å². The molecule has 0 amide bonds. The maximum atomic E-state index is 11.0. The van der Waals surface area contributed by atoms with E-state index >= 15 is 0 Å². The van der Waals surface area contributed by atoms with E-state index in [1.807, 2.05) is 6.92 Å². The van der Waals surface area contributed by atoms with Gasteiger partial charge in [-0.25, -0.2) is 9.78 Å². The number of halogens is 3. The Balaban J connectivity index is 1.95. The fourth-order valence-corrected chi connectivity index (χ4v) is 2.78. The van der Waals surface area contributed by atoms with Crippen molar-refractivity contribution in [2.75, 3.05) is 11.9 Å². The van der Waals surface area contributed by atoms with Crippen LogP contribution >= 0.6 is 39.1 Å². The monoisotopic (exact) mass is 418 g/mol. The van der Waals surface area contributed by atoms with Gasteiger partial charge < -0.3 is 10.4 Å². The lowest BCUT2D eigenvalue weighted by molar-refractivity contribution is 0.0689. The first-order valence-electron chi connectivity index (χ1n) is 6.71. The summed E-state index contributed by atoms with van der Waals surface area (Å²) in [5, 5.41) is 20.4. The topological polar surface area (TPSA) is 88.0 Å². The van der Waals surface area contributed by atoms with E-state index < -0.39 is 5.97 Å². The summed E-state index contributed by atoms with van der Waals surface area (Å²) in [6.45, 7) is 2.45. The normalized spacial score (nSPS) is 10.6. The van der Waals surface area contributed by atoms with Gasteiger partial charge in [-0.05, 0) is 59.0 Å². The van der Waals surface area contributed by atoms with E-state index in [0.717, 1.165) is 17.5 Å². The summed E-state index contributed by atoms with van der Waals surface area (Å²) in [5.41, 5.74) is 1.66. The van der Waals surface area contributed by atoms with Gasteiger partial charge in [0.05, 0.1) is 4.47 Å². The molecule has 9 heteroatoms. The number of hydrogen-bond acceptors (Lipinski definition) is 5. The van der Waals surface area contributed by atoms with E-state index in [1.165, 1.54) is 0 Å². The van der Waals surface area contributed by atoms with E-state index in [-0.39, 0.29) is 5.69 Å². The molecule has 0 aliphatic heterocycles. The van der Waals surface area contributed by atoms with Gasteiger partial charge >= 0.3 is 5.97 Å². The van der Waals surface area contributed by atoms with Crippen molar-refractivity contribution in [3.63, 3.8) is 0 Å². The predicted molar refractivity (Wildman–Crippen MR) is 92.5 cm³/mol. The minimum atomic E-state index is -1.08. The van der Waals surface area contributed by atoms with E-state index in [2.05, 4.69) is 36.4 Å². The lowest BCUT2D eigenvalue weighted by Gasteiger charge is -2.10. The molecule has 0 atom stereocenters. The van der Waals surface area contributed by atoms with Crippen molar-refractivity contribution >= 4 is 50.9 Å². The summed E-state index contributed by atoms with van der Waals surface area (Å²) in [6, 6.07) is 3.35. The standard InChI is InChI=1S/C14H13BrCl2N4O2/c1-7-8(13(17)21-20-12(7)16)3-2-6-18-10-5-4-9(15)11(19-10)14(22)23/h4-5H,2-3,6H2,1H3,(H,18,19)(H,22,23). The number of carbonyl (C=O) groups is 1. The molecule has 122 valence electrons. The number of nitrogens with zero attached hydrogens (tertiary/aromatic N) is 3. The Bertz CT molecular complexity index is 743. The van der Waals surface area contributed by atoms with Crippen molar-refractivity contribution in [3.8, 4) is 0 Å². The molecular weight excluding hydrogens is 407 g/mol. The zero-order chi connectivity index (χ0) is 17.0. The Morgan fingerprint density at radius 3 is 2.70 bits per heavy atom. The van der Waals surface area contributed by atoms with Crippen LogP contribution in [0.15, 0.2) is 16.6 Å². The van der Waals surface area contributed by atoms with Crippen molar-refractivity contribution in [1.82, 2.24) is 15.2 Å². The third-order valence-electron chi connectivity index (χ3n) is 3.19. The number of anilines is 1. The third-order valence-corrected chi connectivity index (χ3v) is 4.50. The summed E-state index contributed by atoms with van der Waals surface area (Å²) in [5.74, 6) is -0.584. The summed E-state index contributed by atoms with van der Waals surface area (Å²) in [4.78, 5) is 15.1. The molecule has 0 aliphatic rings. The zero-order valence-electron chi connectivity index (χ0n) is 12.1. The van der Waals surface area contributed by atoms with Crippen molar-refractivity contribution in [2.24, 2.45) is 0 Å². The van der Waals surface area contributed by atoms with E-state index in [9.17, 15) is 4.79 Å². The largest absolute Gasteiger partial charge is 0.476 e. The first-order valence-corrected chi connectivity index (χ1v) is 8.26. The molecular formula is C14H13BrCl2N4O2. The van der Waals surface area contributed by atoms with Gasteiger partial charge in [0.1, 0.15) is 5.82 Å². The van der Waals surface area contributed by atoms with Crippen molar-refractivity contribution in [1.29, 1.82) is 0 Å². The number of hydrogen-bond donors (Lipinski definition) is 2. The molecule has 0 saturated carbocycles. The van der Waals surface area contributed by atoms with Crippen LogP contribution in [0.4, 0.5) is 5.82 Å². The van der Waals surface area contributed by atoms with Gasteiger partial charge in [-0.2, -0.15) is 0 Å². The highest BCUT2D eigenvalue weighted by molar-refractivity contribution is 9.10. The van der Waals surface area contributed by atoms with Crippen LogP contribution in [0.3, 0.4) is 0 Å². The maximum absolute atomic E-state index is 11.0. The quantitative estimate of drug-likeness (QED) is 0.688. The summed E-state index contributed by atoms with van der Waals surface area (Å²) in [6.07, 6.45) is 1.43. The smallest absolute Gasteiger partial charge is 0.355 e. The Kier molecular flexibility index (Phi) is 6.15. The second-order valence-corrected chi connectivity index (χ2v) is 6.32. The van der Waals surface area contributed by atoms with Gasteiger partial charge in [0.25, 0.3) is 0 Å². The van der Waals surface area contributed by atoms with Crippen LogP contribution in [-0.4, -0.2) is 32.8 Å². The van der Waals surface area contributed by atoms with E-state index in [4.69, 9.17) is 28.3 Å². The molecule has 0 aromatic carbocycles. The third kappa shape index (κ3) is 4.53. The summed E-state index contributed by atoms with van der Waals surface area (Å²) >= 11 is 15.1. The number of carboxylic acids is 1. The minimum Gasteiger partial charge on any atom is -0.476 e. The average molecular weight is 420 g/mol. The summed E-state index contributed by atoms with van der Waals surface area (Å²) in [7, 11) is 0. The van der Waals surface area contributed by atoms with E-state index in [1.54, 1.807) is 12.1 Å². The van der Waals surface area contributed by atoms with Crippen LogP contribution in [0.1, 0.15) is 28.0 Å². The molecule has 0 unspecified atom stereocenters. The second kappa shape index (κ2) is 7.90. The van der Waals surface area contributed by atoms with Crippen LogP contribution in [0.25, 0.3) is 0 Å². The Hall–Kier alpha value is -1.44. The number of aromatic nitrogens is 3. The Morgan fingerprint density at radius 1 is 1.30 bits per heavy atom. The van der Waals surface area contributed by atoms with Crippen molar-refractivity contribution < 1.29 is 9.90 Å². The van der Waals surface area contributed by atoms with Crippen molar-refractivity contribution in [3.05, 3.63) is 43.7 Å². The minimum absolute atomic E-state index is 0.0287. The number of rotatable bonds is 6. The van der Waals surface area contributed by atoms with Gasteiger partial charge in [0.2, 0.25) is 0 Å². The highest BCUT2D eigenvalue weighted by atomic mass is 79.9. The predicted octanol–water partition coefficient (Wildman–Crippen LogP) is 3.99. The molecule has 0 saturated heterocycles. The SMILES string of the molecule is Cc1c(Cl)nnc(Cl)c1CCCNc1ccc(Br)c(C(=O)O)n1. The lowest BCUT2D eigenvalue weighted by Crippen LogP contribution is -2.09. The highest BCUT2D eigenvalue weighted by Crippen LogP contribution is 2.23. The van der Waals surface area contributed by atoms with Crippen LogP contribution in [0, 0.1) is 6.92 Å². The first kappa shape index (κ1) is 17.9. The molecule has 2 aromatic rings. The maximum Gasteiger partial charge on any atom is 0.355 e. The first-order chi connectivity index (χ1) is 10.9. The van der Waals surface area contributed by atoms with Crippen LogP contribution in [0.5, 0.6) is 0 Å². The fourth-order valence-electron chi connectivity index (χ4n) is 1.97. The van der Waals surface area contributed by atoms with Gasteiger partial charge in [-0.15, -0.1) is 10.2 Å². The van der Waals surface area contributed by atoms with Crippen molar-refractivity contribution in [2.45, 2.75) is 19.8 Å². The number of carboxylic acid groups (broad SMARTS) is 1. The van der Waals surface area contributed by atoms with Gasteiger partial charge in [0, 0.05) is 6.54 Å². The van der Waals surface area contributed by atoms with Gasteiger partial charge in [0.15, 0.2) is 16.0 Å². The van der Waals surface area contributed by atoms with E-state index in [0.29, 0.717) is 33.6 Å². The van der Waals surface area contributed by atoms with Gasteiger partial charge in [-0.3, -0.25) is 0 Å². The van der Waals surface area contributed by atoms with Crippen LogP contribution in [0.2, 0.25) is 10.3 Å². The molecule has 23 heavy (non-hydrogen) atoms. The molecule has 0 aliphatic carbocycles. The molecule has 0 spiro atoms. The molecule has 2 aromatic heterocycles. The molecule has 6 nitrogen and oxygen atoms in total. The van der Waals surface area contributed by atoms with Crippen LogP contribution < -0.4 is 5.32 Å². The molecule has 0 bridgehead atoms. The Labute approximate surface area is 151 Å². The molecule has 2 N–H and O–H groups in total. The molecule has 0 radical (unpaired) electrons. The molecule has 2 rings (SSSR count). The summed E-state index contributed by atoms with van der Waals surface area (Å²) < 4.78 is 0.440. The second-order valence-electron chi connectivity index (χ2n) is 4.75. The molecule has 0 fully saturated rings. The van der Waals surface area contributed by atoms with Gasteiger partial charge in [-0.1, -0.05) is 23.2 Å². The number of nitrogens with one attached hydrogen (secondary N) is 1. The Morgan fingerprint density at radius 2 is 2.00 bits per heavy atom. The zero-order valence-corrected chi connectivity index (χ0v) is 15.2. The number of aromatic carboxylic acids is 1. The number of pyridine rings is 1. The highest BCUT2D eigenvalue weighted by Gasteiger charge is 2.12.